The van der Waals surface area contributed by atoms with Crippen molar-refractivity contribution in [1.82, 2.24) is 0 Å². The summed E-state index contributed by atoms with van der Waals surface area (Å²) in [6, 6.07) is 0. The predicted octanol–water partition coefficient (Wildman–Crippen LogP) is 5.62. The van der Waals surface area contributed by atoms with Crippen LogP contribution in [-0.4, -0.2) is 39.7 Å². The van der Waals surface area contributed by atoms with Crippen LogP contribution in [0.3, 0.4) is 0 Å². The predicted molar refractivity (Wildman–Crippen MR) is 110 cm³/mol. The van der Waals surface area contributed by atoms with Crippen molar-refractivity contribution in [1.29, 1.82) is 0 Å². The summed E-state index contributed by atoms with van der Waals surface area (Å²) >= 11 is 0. The second-order valence-corrected chi connectivity index (χ2v) is 13.8. The minimum absolute atomic E-state index is 0.0618. The van der Waals surface area contributed by atoms with Crippen LogP contribution < -0.4 is 0 Å². The zero-order valence-corrected chi connectivity index (χ0v) is 19.0. The van der Waals surface area contributed by atoms with E-state index in [1.807, 2.05) is 6.08 Å². The minimum Gasteiger partial charge on any atom is -0.459 e. The second kappa shape index (κ2) is 10.6. The fourth-order valence-electron chi connectivity index (χ4n) is 3.04. The van der Waals surface area contributed by atoms with Crippen LogP contribution in [0.2, 0.25) is 18.1 Å². The van der Waals surface area contributed by atoms with Gasteiger partial charge in [0, 0.05) is 26.0 Å². The summed E-state index contributed by atoms with van der Waals surface area (Å²) in [6.07, 6.45) is 10.7. The van der Waals surface area contributed by atoms with E-state index < -0.39 is 8.32 Å². The fourth-order valence-corrected chi connectivity index (χ4v) is 4.42. The van der Waals surface area contributed by atoms with Crippen molar-refractivity contribution < 1.29 is 18.7 Å². The lowest BCUT2D eigenvalue weighted by Gasteiger charge is -2.40. The van der Waals surface area contributed by atoms with Gasteiger partial charge in [-0.2, -0.15) is 0 Å². The van der Waals surface area contributed by atoms with Crippen molar-refractivity contribution in [2.75, 3.05) is 7.11 Å². The molecule has 4 nitrogen and oxygen atoms in total. The number of ether oxygens (including phenoxy) is 2. The van der Waals surface area contributed by atoms with Crippen LogP contribution in [0.1, 0.15) is 72.6 Å². The van der Waals surface area contributed by atoms with Gasteiger partial charge >= 0.3 is 5.97 Å². The number of methoxy groups -OCH3 is 1. The Morgan fingerprint density at radius 1 is 1.27 bits per heavy atom. The first-order valence-corrected chi connectivity index (χ1v) is 13.1. The van der Waals surface area contributed by atoms with Crippen molar-refractivity contribution in [2.45, 2.75) is 109 Å². The minimum atomic E-state index is -1.90. The third-order valence-corrected chi connectivity index (χ3v) is 10.3. The number of unbranched alkanes of at least 4 members (excludes halogenated alkanes) is 2. The van der Waals surface area contributed by atoms with Gasteiger partial charge < -0.3 is 13.9 Å². The first-order chi connectivity index (χ1) is 12.1. The Balaban J connectivity index is 2.79. The van der Waals surface area contributed by atoms with Gasteiger partial charge in [0.2, 0.25) is 0 Å². The lowest BCUT2D eigenvalue weighted by molar-refractivity contribution is -0.145. The molecule has 0 aromatic carbocycles. The Kier molecular flexibility index (Phi) is 9.55. The van der Waals surface area contributed by atoms with Crippen LogP contribution in [-0.2, 0) is 18.7 Å². The first kappa shape index (κ1) is 23.4. The van der Waals surface area contributed by atoms with Crippen LogP contribution in [0.25, 0.3) is 0 Å². The van der Waals surface area contributed by atoms with Crippen LogP contribution in [0, 0.1) is 0 Å². The van der Waals surface area contributed by atoms with Crippen molar-refractivity contribution in [3.8, 4) is 0 Å². The van der Waals surface area contributed by atoms with Gasteiger partial charge in [-0.15, -0.1) is 0 Å². The van der Waals surface area contributed by atoms with Crippen molar-refractivity contribution in [3.63, 3.8) is 0 Å². The Bertz CT molecular complexity index is 453. The molecule has 0 unspecified atom stereocenters. The fraction of sp³-hybridized carbons (Fsp3) is 0.857. The molecule has 0 spiro atoms. The Labute approximate surface area is 161 Å². The van der Waals surface area contributed by atoms with Crippen molar-refractivity contribution in [3.05, 3.63) is 12.2 Å². The SMILES string of the molecule is CCCCC[C@@H](C[C@@H](C[C@H]1CC=CC(=O)O1)O[Si](C)(C)C(C)(C)C)OC. The molecule has 152 valence electrons. The molecule has 1 aliphatic heterocycles. The molecule has 0 saturated carbocycles. The van der Waals surface area contributed by atoms with E-state index in [1.165, 1.54) is 25.3 Å². The van der Waals surface area contributed by atoms with Crippen molar-refractivity contribution in [2.24, 2.45) is 0 Å². The molecular weight excluding hydrogens is 344 g/mol. The summed E-state index contributed by atoms with van der Waals surface area (Å²) in [6.45, 7) is 13.6. The largest absolute Gasteiger partial charge is 0.459 e. The molecular formula is C21H40O4Si. The second-order valence-electron chi connectivity index (χ2n) is 9.02. The highest BCUT2D eigenvalue weighted by atomic mass is 28.4. The molecule has 1 aliphatic rings. The molecule has 3 atom stereocenters. The highest BCUT2D eigenvalue weighted by molar-refractivity contribution is 6.74. The Hall–Kier alpha value is -0.653. The van der Waals surface area contributed by atoms with Gasteiger partial charge in [-0.05, 0) is 31.0 Å². The maximum atomic E-state index is 11.6. The molecule has 0 aliphatic carbocycles. The maximum Gasteiger partial charge on any atom is 0.330 e. The van der Waals surface area contributed by atoms with Crippen molar-refractivity contribution >= 4 is 14.3 Å². The molecule has 0 N–H and O–H groups in total. The highest BCUT2D eigenvalue weighted by Gasteiger charge is 2.40. The summed E-state index contributed by atoms with van der Waals surface area (Å²) in [5, 5.41) is 0.152. The molecule has 0 saturated heterocycles. The van der Waals surface area contributed by atoms with Gasteiger partial charge in [0.1, 0.15) is 6.10 Å². The number of rotatable bonds is 11. The average Bonchev–Trinajstić information content (AvgIpc) is 2.52. The van der Waals surface area contributed by atoms with E-state index >= 15 is 0 Å². The van der Waals surface area contributed by atoms with Crippen LogP contribution >= 0.6 is 0 Å². The van der Waals surface area contributed by atoms with E-state index in [4.69, 9.17) is 13.9 Å². The smallest absolute Gasteiger partial charge is 0.330 e. The van der Waals surface area contributed by atoms with Gasteiger partial charge in [-0.3, -0.25) is 0 Å². The highest BCUT2D eigenvalue weighted by Crippen LogP contribution is 2.38. The zero-order valence-electron chi connectivity index (χ0n) is 18.0. The maximum absolute atomic E-state index is 11.6. The average molecular weight is 385 g/mol. The van der Waals surface area contributed by atoms with Gasteiger partial charge in [-0.1, -0.05) is 53.0 Å². The normalized spacial score (nSPS) is 20.7. The molecule has 0 aromatic rings. The number of carbonyl (C=O) groups is 1. The lowest BCUT2D eigenvalue weighted by Crippen LogP contribution is -2.45. The van der Waals surface area contributed by atoms with Crippen LogP contribution in [0.15, 0.2) is 12.2 Å². The zero-order chi connectivity index (χ0) is 19.8. The topological polar surface area (TPSA) is 44.8 Å². The van der Waals surface area contributed by atoms with Gasteiger partial charge in [0.15, 0.2) is 8.32 Å². The number of hydrogen-bond acceptors (Lipinski definition) is 4. The van der Waals surface area contributed by atoms with Gasteiger partial charge in [-0.25, -0.2) is 4.79 Å². The molecule has 0 radical (unpaired) electrons. The summed E-state index contributed by atoms with van der Waals surface area (Å²) in [7, 11) is -0.106. The molecule has 0 fully saturated rings. The molecule has 1 rings (SSSR count). The summed E-state index contributed by atoms with van der Waals surface area (Å²) in [4.78, 5) is 11.6. The summed E-state index contributed by atoms with van der Waals surface area (Å²) < 4.78 is 18.0. The van der Waals surface area contributed by atoms with E-state index in [-0.39, 0.29) is 29.3 Å². The molecule has 1 heterocycles. The number of cyclic esters (lactones) is 1. The first-order valence-electron chi connectivity index (χ1n) is 10.2. The third-order valence-electron chi connectivity index (χ3n) is 5.72. The van der Waals surface area contributed by atoms with E-state index in [9.17, 15) is 4.79 Å². The quantitative estimate of drug-likeness (QED) is 0.263. The monoisotopic (exact) mass is 384 g/mol. The number of hydrogen-bond donors (Lipinski definition) is 0. The Morgan fingerprint density at radius 2 is 1.96 bits per heavy atom. The molecule has 0 bridgehead atoms. The molecule has 26 heavy (non-hydrogen) atoms. The van der Waals surface area contributed by atoms with Crippen LogP contribution in [0.5, 0.6) is 0 Å². The Morgan fingerprint density at radius 3 is 2.50 bits per heavy atom. The third kappa shape index (κ3) is 7.93. The van der Waals surface area contributed by atoms with Crippen LogP contribution in [0.4, 0.5) is 0 Å². The molecule has 0 aromatic heterocycles. The standard InChI is InChI=1S/C21H40O4Si/c1-8-9-10-12-17(23-5)15-19(25-26(6,7)21(2,3)4)16-18-13-11-14-20(22)24-18/h11,14,17-19H,8-10,12-13,15-16H2,1-7H3/t17-,18+,19-/m0/s1. The molecule has 0 amide bonds. The summed E-state index contributed by atoms with van der Waals surface area (Å²) in [5.74, 6) is -0.237. The molecule has 5 heteroatoms. The van der Waals surface area contributed by atoms with E-state index in [2.05, 4.69) is 40.8 Å². The number of carbonyl (C=O) groups excluding carboxylic acids is 1. The lowest BCUT2D eigenvalue weighted by atomic mass is 9.99. The van der Waals surface area contributed by atoms with Gasteiger partial charge in [0.05, 0.1) is 12.2 Å². The van der Waals surface area contributed by atoms with E-state index in [0.29, 0.717) is 0 Å². The number of esters is 1. The van der Waals surface area contributed by atoms with E-state index in [0.717, 1.165) is 25.7 Å². The van der Waals surface area contributed by atoms with Gasteiger partial charge in [0.25, 0.3) is 0 Å². The summed E-state index contributed by atoms with van der Waals surface area (Å²) in [5.41, 5.74) is 0. The van der Waals surface area contributed by atoms with E-state index in [1.54, 1.807) is 7.11 Å².